The highest BCUT2D eigenvalue weighted by molar-refractivity contribution is 5.80. The maximum Gasteiger partial charge on any atom is 0.259 e. The average Bonchev–Trinajstić information content (AvgIpc) is 2.77. The van der Waals surface area contributed by atoms with E-state index >= 15 is 0 Å². The van der Waals surface area contributed by atoms with E-state index in [2.05, 4.69) is 21.8 Å². The lowest BCUT2D eigenvalue weighted by Crippen LogP contribution is -2.35. The molecule has 6 heteroatoms. The minimum atomic E-state index is -0.142. The standard InChI is InChI=1S/C25H31N3O3/c1-18-5-3-12-28(16-18)13-4-14-31-21-9-7-20(8-10-21)24-26-23-15-19(17-30-2)6-11-22(23)25(29)27-24/h6-11,15,18H,3-5,12-14,16-17H2,1-2H3,(H,26,27,29)/t18-/m0/s1. The second-order valence-corrected chi connectivity index (χ2v) is 8.47. The Hall–Kier alpha value is -2.70. The van der Waals surface area contributed by atoms with Gasteiger partial charge < -0.3 is 19.4 Å². The number of rotatable bonds is 8. The van der Waals surface area contributed by atoms with Crippen LogP contribution in [0.1, 0.15) is 31.7 Å². The van der Waals surface area contributed by atoms with Gasteiger partial charge in [0.25, 0.3) is 5.56 Å². The number of fused-ring (bicyclic) bond motifs is 1. The van der Waals surface area contributed by atoms with Gasteiger partial charge in [-0.25, -0.2) is 4.98 Å². The molecule has 1 N–H and O–H groups in total. The van der Waals surface area contributed by atoms with Gasteiger partial charge in [0.2, 0.25) is 0 Å². The molecular weight excluding hydrogens is 390 g/mol. The Kier molecular flexibility index (Phi) is 6.99. The van der Waals surface area contributed by atoms with Crippen LogP contribution in [0.2, 0.25) is 0 Å². The predicted octanol–water partition coefficient (Wildman–Crippen LogP) is 4.24. The van der Waals surface area contributed by atoms with Gasteiger partial charge in [0, 0.05) is 25.8 Å². The maximum atomic E-state index is 12.5. The Morgan fingerprint density at radius 3 is 2.81 bits per heavy atom. The van der Waals surface area contributed by atoms with Crippen molar-refractivity contribution in [3.05, 3.63) is 58.4 Å². The Balaban J connectivity index is 1.38. The molecule has 2 aromatic carbocycles. The SMILES string of the molecule is COCc1ccc2c(=O)[nH]c(-c3ccc(OCCCN4CCC[C@H](C)C4)cc3)nc2c1. The summed E-state index contributed by atoms with van der Waals surface area (Å²) < 4.78 is 11.1. The van der Waals surface area contributed by atoms with Gasteiger partial charge in [0.1, 0.15) is 11.6 Å². The summed E-state index contributed by atoms with van der Waals surface area (Å²) in [4.78, 5) is 22.6. The van der Waals surface area contributed by atoms with E-state index in [1.165, 1.54) is 25.9 Å². The Morgan fingerprint density at radius 2 is 2.03 bits per heavy atom. The molecule has 0 spiro atoms. The van der Waals surface area contributed by atoms with Gasteiger partial charge in [0.15, 0.2) is 0 Å². The first-order valence-corrected chi connectivity index (χ1v) is 11.1. The van der Waals surface area contributed by atoms with Crippen molar-refractivity contribution in [2.24, 2.45) is 5.92 Å². The number of hydrogen-bond acceptors (Lipinski definition) is 5. The van der Waals surface area contributed by atoms with Gasteiger partial charge in [-0.3, -0.25) is 4.79 Å². The molecule has 1 aromatic heterocycles. The van der Waals surface area contributed by atoms with E-state index in [-0.39, 0.29) is 5.56 Å². The van der Waals surface area contributed by atoms with Crippen LogP contribution in [-0.2, 0) is 11.3 Å². The number of likely N-dealkylation sites (tertiary alicyclic amines) is 1. The largest absolute Gasteiger partial charge is 0.494 e. The summed E-state index contributed by atoms with van der Waals surface area (Å²) in [6.07, 6.45) is 3.69. The van der Waals surface area contributed by atoms with Crippen molar-refractivity contribution in [2.75, 3.05) is 33.4 Å². The number of piperidine rings is 1. The molecule has 1 atom stereocenters. The molecular formula is C25H31N3O3. The summed E-state index contributed by atoms with van der Waals surface area (Å²) in [5, 5.41) is 0.576. The molecule has 2 heterocycles. The number of benzene rings is 2. The molecule has 3 aromatic rings. The van der Waals surface area contributed by atoms with E-state index in [1.807, 2.05) is 36.4 Å². The van der Waals surface area contributed by atoms with Crippen molar-refractivity contribution in [2.45, 2.75) is 32.8 Å². The first-order chi connectivity index (χ1) is 15.1. The lowest BCUT2D eigenvalue weighted by molar-refractivity contribution is 0.170. The molecule has 164 valence electrons. The number of H-pyrrole nitrogens is 1. The van der Waals surface area contributed by atoms with E-state index in [9.17, 15) is 4.79 Å². The Labute approximate surface area is 183 Å². The van der Waals surface area contributed by atoms with Crippen LogP contribution in [0.5, 0.6) is 5.75 Å². The first-order valence-electron chi connectivity index (χ1n) is 11.1. The van der Waals surface area contributed by atoms with E-state index in [1.54, 1.807) is 13.2 Å². The molecule has 1 fully saturated rings. The van der Waals surface area contributed by atoms with Crippen LogP contribution < -0.4 is 10.3 Å². The lowest BCUT2D eigenvalue weighted by atomic mass is 10.0. The lowest BCUT2D eigenvalue weighted by Gasteiger charge is -2.30. The summed E-state index contributed by atoms with van der Waals surface area (Å²) in [6.45, 7) is 7.04. The topological polar surface area (TPSA) is 67.5 Å². The number of nitrogens with zero attached hydrogens (tertiary/aromatic N) is 2. The van der Waals surface area contributed by atoms with Crippen molar-refractivity contribution in [1.82, 2.24) is 14.9 Å². The summed E-state index contributed by atoms with van der Waals surface area (Å²) >= 11 is 0. The highest BCUT2D eigenvalue weighted by Gasteiger charge is 2.15. The number of aromatic nitrogens is 2. The fourth-order valence-electron chi connectivity index (χ4n) is 4.26. The van der Waals surface area contributed by atoms with Gasteiger partial charge in [-0.2, -0.15) is 0 Å². The molecule has 0 aliphatic carbocycles. The van der Waals surface area contributed by atoms with Gasteiger partial charge in [-0.1, -0.05) is 13.0 Å². The molecule has 1 aliphatic rings. The molecule has 0 saturated carbocycles. The van der Waals surface area contributed by atoms with Crippen LogP contribution in [0, 0.1) is 5.92 Å². The van der Waals surface area contributed by atoms with Crippen molar-refractivity contribution >= 4 is 10.9 Å². The maximum absolute atomic E-state index is 12.5. The molecule has 6 nitrogen and oxygen atoms in total. The molecule has 31 heavy (non-hydrogen) atoms. The van der Waals surface area contributed by atoms with Crippen molar-refractivity contribution < 1.29 is 9.47 Å². The smallest absolute Gasteiger partial charge is 0.259 e. The molecule has 0 unspecified atom stereocenters. The Morgan fingerprint density at radius 1 is 1.19 bits per heavy atom. The minimum absolute atomic E-state index is 0.142. The average molecular weight is 422 g/mol. The Bertz CT molecular complexity index is 1060. The molecule has 1 saturated heterocycles. The fraction of sp³-hybridized carbons (Fsp3) is 0.440. The number of methoxy groups -OCH3 is 1. The van der Waals surface area contributed by atoms with Crippen LogP contribution in [0.15, 0.2) is 47.3 Å². The minimum Gasteiger partial charge on any atom is -0.494 e. The normalized spacial score (nSPS) is 17.2. The van der Waals surface area contributed by atoms with Crippen LogP contribution in [0.3, 0.4) is 0 Å². The van der Waals surface area contributed by atoms with E-state index in [0.29, 0.717) is 29.9 Å². The monoisotopic (exact) mass is 421 g/mol. The summed E-state index contributed by atoms with van der Waals surface area (Å²) in [5.41, 5.74) is 2.37. The highest BCUT2D eigenvalue weighted by atomic mass is 16.5. The molecule has 4 rings (SSSR count). The molecule has 1 aliphatic heterocycles. The number of ether oxygens (including phenoxy) is 2. The van der Waals surface area contributed by atoms with Crippen molar-refractivity contribution in [1.29, 1.82) is 0 Å². The predicted molar refractivity (Wildman–Crippen MR) is 123 cm³/mol. The zero-order valence-corrected chi connectivity index (χ0v) is 18.4. The quantitative estimate of drug-likeness (QED) is 0.551. The molecule has 0 bridgehead atoms. The van der Waals surface area contributed by atoms with Crippen LogP contribution in [0.25, 0.3) is 22.3 Å². The number of aromatic amines is 1. The van der Waals surface area contributed by atoms with Crippen LogP contribution >= 0.6 is 0 Å². The van der Waals surface area contributed by atoms with Crippen molar-refractivity contribution in [3.8, 4) is 17.1 Å². The molecule has 0 radical (unpaired) electrons. The second-order valence-electron chi connectivity index (χ2n) is 8.47. The van der Waals surface area contributed by atoms with E-state index in [0.717, 1.165) is 35.8 Å². The van der Waals surface area contributed by atoms with Gasteiger partial charge in [-0.05, 0) is 73.7 Å². The van der Waals surface area contributed by atoms with Crippen molar-refractivity contribution in [3.63, 3.8) is 0 Å². The van der Waals surface area contributed by atoms with Gasteiger partial charge in [0.05, 0.1) is 24.1 Å². The zero-order valence-electron chi connectivity index (χ0n) is 18.4. The zero-order chi connectivity index (χ0) is 21.6. The summed E-state index contributed by atoms with van der Waals surface area (Å²) in [5.74, 6) is 2.20. The fourth-order valence-corrected chi connectivity index (χ4v) is 4.26. The van der Waals surface area contributed by atoms with E-state index in [4.69, 9.17) is 9.47 Å². The summed E-state index contributed by atoms with van der Waals surface area (Å²) in [7, 11) is 1.65. The van der Waals surface area contributed by atoms with Crippen LogP contribution in [0.4, 0.5) is 0 Å². The first kappa shape index (κ1) is 21.5. The third-order valence-electron chi connectivity index (χ3n) is 5.84. The number of nitrogens with one attached hydrogen (secondary N) is 1. The van der Waals surface area contributed by atoms with Gasteiger partial charge >= 0.3 is 0 Å². The third kappa shape index (κ3) is 5.51. The second kappa shape index (κ2) is 10.1. The van der Waals surface area contributed by atoms with Gasteiger partial charge in [-0.15, -0.1) is 0 Å². The number of hydrogen-bond donors (Lipinski definition) is 1. The summed E-state index contributed by atoms with van der Waals surface area (Å²) in [6, 6.07) is 13.3. The van der Waals surface area contributed by atoms with E-state index < -0.39 is 0 Å². The van der Waals surface area contributed by atoms with Crippen LogP contribution in [-0.4, -0.2) is 48.2 Å². The highest BCUT2D eigenvalue weighted by Crippen LogP contribution is 2.21. The molecule has 0 amide bonds. The third-order valence-corrected chi connectivity index (χ3v) is 5.84.